The predicted molar refractivity (Wildman–Crippen MR) is 215 cm³/mol. The Morgan fingerprint density at radius 2 is 0.760 bits per heavy atom. The molecule has 3 aliphatic carbocycles. The number of benzene rings is 2. The molecule has 4 heteroatoms. The van der Waals surface area contributed by atoms with Gasteiger partial charge in [0.1, 0.15) is 15.8 Å². The van der Waals surface area contributed by atoms with E-state index in [-0.39, 0.29) is 16.2 Å². The molecule has 0 aromatic heterocycles. The third-order valence-electron chi connectivity index (χ3n) is 13.2. The highest BCUT2D eigenvalue weighted by Gasteiger charge is 2.85. The lowest BCUT2D eigenvalue weighted by Gasteiger charge is -2.80. The van der Waals surface area contributed by atoms with Crippen LogP contribution in [0.15, 0.2) is 48.5 Å². The standard InChI is InChI=1S/C46H70Cl2O2/c1-3-5-7-9-11-13-15-23-37-49-41-29-25-39(26-30-41)45(40-27-31-42(32-28-40)50-38-24-16-14-12-10-8-6-4-2)43(33-19-17-20-34-43)46(47,48)44(45)35-21-18-22-36-44/h25-32H,3-24,33-38H2,1-2H3. The topological polar surface area (TPSA) is 18.5 Å². The van der Waals surface area contributed by atoms with E-state index in [0.29, 0.717) is 0 Å². The molecule has 3 fully saturated rings. The second kappa shape index (κ2) is 19.6. The molecule has 0 bridgehead atoms. The molecule has 3 aliphatic rings. The third kappa shape index (κ3) is 8.22. The van der Waals surface area contributed by atoms with Crippen LogP contribution in [0.5, 0.6) is 11.5 Å². The van der Waals surface area contributed by atoms with E-state index >= 15 is 0 Å². The maximum absolute atomic E-state index is 7.83. The Hall–Kier alpha value is -1.38. The average Bonchev–Trinajstić information content (AvgIpc) is 3.15. The Morgan fingerprint density at radius 1 is 0.440 bits per heavy atom. The predicted octanol–water partition coefficient (Wildman–Crippen LogP) is 15.1. The number of hydrogen-bond acceptors (Lipinski definition) is 2. The zero-order valence-electron chi connectivity index (χ0n) is 32.0. The van der Waals surface area contributed by atoms with Crippen LogP contribution in [-0.4, -0.2) is 17.5 Å². The lowest BCUT2D eigenvalue weighted by atomic mass is 9.27. The Labute approximate surface area is 317 Å². The van der Waals surface area contributed by atoms with E-state index in [2.05, 4.69) is 62.4 Å². The fraction of sp³-hybridized carbons (Fsp3) is 0.739. The van der Waals surface area contributed by atoms with Gasteiger partial charge in [0.25, 0.3) is 0 Å². The van der Waals surface area contributed by atoms with Gasteiger partial charge in [0.15, 0.2) is 0 Å². The molecular weight excluding hydrogens is 655 g/mol. The van der Waals surface area contributed by atoms with Gasteiger partial charge >= 0.3 is 0 Å². The quantitative estimate of drug-likeness (QED) is 0.0889. The summed E-state index contributed by atoms with van der Waals surface area (Å²) < 4.78 is 11.9. The van der Waals surface area contributed by atoms with Crippen LogP contribution in [0.1, 0.15) is 192 Å². The molecule has 50 heavy (non-hydrogen) atoms. The number of hydrogen-bond donors (Lipinski definition) is 0. The Morgan fingerprint density at radius 3 is 1.10 bits per heavy atom. The molecule has 0 saturated heterocycles. The molecule has 3 saturated carbocycles. The molecule has 0 atom stereocenters. The van der Waals surface area contributed by atoms with Crippen molar-refractivity contribution in [2.45, 2.75) is 191 Å². The minimum Gasteiger partial charge on any atom is -0.494 e. The van der Waals surface area contributed by atoms with Crippen molar-refractivity contribution in [2.75, 3.05) is 13.2 Å². The van der Waals surface area contributed by atoms with Crippen molar-refractivity contribution in [2.24, 2.45) is 10.8 Å². The van der Waals surface area contributed by atoms with Crippen molar-refractivity contribution >= 4 is 23.2 Å². The summed E-state index contributed by atoms with van der Waals surface area (Å²) in [6, 6.07) is 18.5. The molecule has 2 spiro atoms. The number of halogens is 2. The summed E-state index contributed by atoms with van der Waals surface area (Å²) in [6.45, 7) is 6.15. The minimum atomic E-state index is -0.752. The first-order valence-electron chi connectivity index (χ1n) is 21.3. The maximum Gasteiger partial charge on any atom is 0.131 e. The Kier molecular flexibility index (Phi) is 15.6. The lowest BCUT2D eigenvalue weighted by Crippen LogP contribution is -2.82. The number of rotatable bonds is 22. The van der Waals surface area contributed by atoms with Gasteiger partial charge in [-0.1, -0.05) is 167 Å². The smallest absolute Gasteiger partial charge is 0.131 e. The van der Waals surface area contributed by atoms with Gasteiger partial charge in [0.2, 0.25) is 0 Å². The second-order valence-corrected chi connectivity index (χ2v) is 17.6. The van der Waals surface area contributed by atoms with Gasteiger partial charge in [0, 0.05) is 16.2 Å². The van der Waals surface area contributed by atoms with Crippen LogP contribution >= 0.6 is 23.2 Å². The van der Waals surface area contributed by atoms with Crippen LogP contribution in [-0.2, 0) is 5.41 Å². The van der Waals surface area contributed by atoms with Gasteiger partial charge in [-0.15, -0.1) is 23.2 Å². The molecule has 280 valence electrons. The Bertz CT molecular complexity index is 1130. The Balaban J connectivity index is 1.32. The average molecular weight is 726 g/mol. The van der Waals surface area contributed by atoms with Gasteiger partial charge in [-0.3, -0.25) is 0 Å². The maximum atomic E-state index is 7.83. The molecule has 2 aromatic rings. The largest absolute Gasteiger partial charge is 0.494 e. The van der Waals surface area contributed by atoms with E-state index < -0.39 is 4.33 Å². The van der Waals surface area contributed by atoms with Crippen molar-refractivity contribution in [1.29, 1.82) is 0 Å². The zero-order valence-corrected chi connectivity index (χ0v) is 33.5. The normalized spacial score (nSPS) is 20.1. The fourth-order valence-electron chi connectivity index (χ4n) is 10.7. The van der Waals surface area contributed by atoms with Crippen molar-refractivity contribution < 1.29 is 9.47 Å². The van der Waals surface area contributed by atoms with E-state index in [0.717, 1.165) is 63.2 Å². The SMILES string of the molecule is CCCCCCCCCCOc1ccc(C2(c3ccc(OCCCCCCCCCC)cc3)C3(CCCCC3)C(Cl)(Cl)C23CCCCC3)cc1. The van der Waals surface area contributed by atoms with Crippen LogP contribution in [0.2, 0.25) is 0 Å². The molecule has 0 unspecified atom stereocenters. The van der Waals surface area contributed by atoms with E-state index in [1.165, 1.54) is 140 Å². The van der Waals surface area contributed by atoms with E-state index in [1.807, 2.05) is 0 Å². The van der Waals surface area contributed by atoms with Gasteiger partial charge in [-0.05, 0) is 73.9 Å². The zero-order chi connectivity index (χ0) is 35.2. The summed E-state index contributed by atoms with van der Waals surface area (Å²) in [5.74, 6) is 1.96. The molecular formula is C46H70Cl2O2. The molecule has 0 amide bonds. The third-order valence-corrected chi connectivity index (χ3v) is 14.6. The van der Waals surface area contributed by atoms with Crippen molar-refractivity contribution in [3.05, 3.63) is 59.7 Å². The number of alkyl halides is 2. The first kappa shape index (κ1) is 39.8. The summed E-state index contributed by atoms with van der Waals surface area (Å²) in [5.41, 5.74) is 2.13. The molecule has 5 rings (SSSR count). The number of unbranched alkanes of at least 4 members (excludes halogenated alkanes) is 14. The summed E-state index contributed by atoms with van der Waals surface area (Å²) in [6.07, 6.45) is 32.6. The summed E-state index contributed by atoms with van der Waals surface area (Å²) in [5, 5.41) is 0. The monoisotopic (exact) mass is 724 g/mol. The van der Waals surface area contributed by atoms with Gasteiger partial charge in [-0.25, -0.2) is 0 Å². The summed E-state index contributed by atoms with van der Waals surface area (Å²) in [7, 11) is 0. The van der Waals surface area contributed by atoms with Crippen molar-refractivity contribution in [3.8, 4) is 11.5 Å². The molecule has 0 radical (unpaired) electrons. The minimum absolute atomic E-state index is 0.197. The van der Waals surface area contributed by atoms with Gasteiger partial charge in [0.05, 0.1) is 13.2 Å². The molecule has 2 nitrogen and oxygen atoms in total. The first-order chi connectivity index (χ1) is 24.5. The second-order valence-electron chi connectivity index (χ2n) is 16.3. The lowest BCUT2D eigenvalue weighted by molar-refractivity contribution is -0.185. The van der Waals surface area contributed by atoms with Gasteiger partial charge < -0.3 is 9.47 Å². The van der Waals surface area contributed by atoms with E-state index in [1.54, 1.807) is 0 Å². The van der Waals surface area contributed by atoms with Crippen molar-refractivity contribution in [3.63, 3.8) is 0 Å². The van der Waals surface area contributed by atoms with Crippen LogP contribution in [0.4, 0.5) is 0 Å². The van der Waals surface area contributed by atoms with Gasteiger partial charge in [-0.2, -0.15) is 0 Å². The molecule has 2 aromatic carbocycles. The highest BCUT2D eigenvalue weighted by molar-refractivity contribution is 6.51. The van der Waals surface area contributed by atoms with Crippen LogP contribution < -0.4 is 9.47 Å². The van der Waals surface area contributed by atoms with Crippen LogP contribution in [0.3, 0.4) is 0 Å². The van der Waals surface area contributed by atoms with E-state index in [9.17, 15) is 0 Å². The molecule has 0 N–H and O–H groups in total. The first-order valence-corrected chi connectivity index (χ1v) is 22.1. The number of ether oxygens (including phenoxy) is 2. The van der Waals surface area contributed by atoms with Crippen LogP contribution in [0.25, 0.3) is 0 Å². The highest BCUT2D eigenvalue weighted by Crippen LogP contribution is 2.86. The summed E-state index contributed by atoms with van der Waals surface area (Å²) in [4.78, 5) is 0. The van der Waals surface area contributed by atoms with Crippen LogP contribution in [0, 0.1) is 10.8 Å². The highest BCUT2D eigenvalue weighted by atomic mass is 35.5. The van der Waals surface area contributed by atoms with Crippen molar-refractivity contribution in [1.82, 2.24) is 0 Å². The molecule has 0 aliphatic heterocycles. The van der Waals surface area contributed by atoms with E-state index in [4.69, 9.17) is 32.7 Å². The molecule has 0 heterocycles. The summed E-state index contributed by atoms with van der Waals surface area (Å²) >= 11 is 15.7. The fourth-order valence-corrected chi connectivity index (χ4v) is 12.1.